The second-order valence-electron chi connectivity index (χ2n) is 9.71. The molecular formula is C32H25FN2O8S2. The fourth-order valence-electron chi connectivity index (χ4n) is 4.66. The van der Waals surface area contributed by atoms with Gasteiger partial charge in [0.05, 0.1) is 16.5 Å². The molecule has 0 saturated heterocycles. The minimum Gasteiger partial charge on any atom is -0.452 e. The molecule has 230 valence electrons. The maximum Gasteiger partial charge on any atom is 0.415 e. The molecule has 1 aliphatic carbocycles. The highest BCUT2D eigenvalue weighted by atomic mass is 32.2. The van der Waals surface area contributed by atoms with E-state index in [1.165, 1.54) is 36.4 Å². The first-order chi connectivity index (χ1) is 21.6. The number of carbonyl (C=O) groups is 1. The van der Waals surface area contributed by atoms with Crippen LogP contribution in [0.3, 0.4) is 0 Å². The topological polar surface area (TPSA) is 140 Å². The molecule has 13 heteroatoms. The number of carbonyl (C=O) groups excluding carboxylic acids is 1. The number of esters is 1. The van der Waals surface area contributed by atoms with Gasteiger partial charge in [0.15, 0.2) is 13.2 Å². The van der Waals surface area contributed by atoms with Gasteiger partial charge in [-0.15, -0.1) is 0 Å². The number of fused-ring (bicyclic) bond motifs is 1. The molecule has 1 heterocycles. The number of sulfone groups is 1. The zero-order chi connectivity index (χ0) is 32.1. The van der Waals surface area contributed by atoms with Crippen LogP contribution in [0, 0.1) is 22.9 Å². The summed E-state index contributed by atoms with van der Waals surface area (Å²) in [7, 11) is -5.38. The van der Waals surface area contributed by atoms with Crippen molar-refractivity contribution in [1.82, 2.24) is 5.16 Å². The average Bonchev–Trinajstić information content (AvgIpc) is 3.52. The summed E-state index contributed by atoms with van der Waals surface area (Å²) >= 11 is 0. The number of allylic oxidation sites excluding steroid dienone is 2. The molecule has 1 aromatic heterocycles. The molecule has 0 aliphatic heterocycles. The Morgan fingerprint density at radius 3 is 2.49 bits per heavy atom. The van der Waals surface area contributed by atoms with Gasteiger partial charge in [0, 0.05) is 22.0 Å². The van der Waals surface area contributed by atoms with Crippen LogP contribution < -0.4 is 9.64 Å². The number of nitrogens with zero attached hydrogens (tertiary/aromatic N) is 2. The smallest absolute Gasteiger partial charge is 0.415 e. The number of hydrogen-bond acceptors (Lipinski definition) is 9. The molecule has 10 nitrogen and oxygen atoms in total. The number of hydrogen-bond donors (Lipinski definition) is 0. The second-order valence-corrected chi connectivity index (χ2v) is 13.0. The Morgan fingerprint density at radius 1 is 1.07 bits per heavy atom. The van der Waals surface area contributed by atoms with E-state index in [9.17, 15) is 27.0 Å². The van der Waals surface area contributed by atoms with Gasteiger partial charge in [0.2, 0.25) is 0 Å². The Labute approximate surface area is 260 Å². The van der Waals surface area contributed by atoms with Crippen molar-refractivity contribution in [2.45, 2.75) is 28.2 Å². The van der Waals surface area contributed by atoms with Gasteiger partial charge >= 0.3 is 16.9 Å². The van der Waals surface area contributed by atoms with Crippen LogP contribution in [0.1, 0.15) is 30.0 Å². The van der Waals surface area contributed by atoms with E-state index in [0.29, 0.717) is 16.0 Å². The fraction of sp³-hybridized carbons (Fsp3) is 0.156. The van der Waals surface area contributed by atoms with E-state index in [2.05, 4.69) is 21.6 Å². The summed E-state index contributed by atoms with van der Waals surface area (Å²) in [4.78, 5) is 13.0. The maximum atomic E-state index is 14.2. The Balaban J connectivity index is 1.23. The molecule has 1 aliphatic rings. The molecule has 1 unspecified atom stereocenters. The van der Waals surface area contributed by atoms with Crippen molar-refractivity contribution in [3.8, 4) is 17.7 Å². The summed E-state index contributed by atoms with van der Waals surface area (Å²) < 4.78 is 66.5. The molecule has 3 aromatic carbocycles. The van der Waals surface area contributed by atoms with Crippen LogP contribution in [0.4, 0.5) is 4.39 Å². The van der Waals surface area contributed by atoms with Gasteiger partial charge < -0.3 is 14.7 Å². The number of halogens is 1. The van der Waals surface area contributed by atoms with Crippen molar-refractivity contribution >= 4 is 43.8 Å². The van der Waals surface area contributed by atoms with Gasteiger partial charge in [-0.25, -0.2) is 12.8 Å². The van der Waals surface area contributed by atoms with Crippen LogP contribution >= 0.6 is 0 Å². The zero-order valence-corrected chi connectivity index (χ0v) is 25.6. The normalized spacial score (nSPS) is 14.1. The first-order valence-electron chi connectivity index (χ1n) is 13.4. The Morgan fingerprint density at radius 2 is 1.78 bits per heavy atom. The van der Waals surface area contributed by atoms with Crippen molar-refractivity contribution in [3.05, 3.63) is 106 Å². The summed E-state index contributed by atoms with van der Waals surface area (Å²) in [6, 6.07) is 18.9. The monoisotopic (exact) mass is 648 g/mol. The van der Waals surface area contributed by atoms with Gasteiger partial charge in [-0.2, -0.15) is 0 Å². The van der Waals surface area contributed by atoms with E-state index in [1.54, 1.807) is 30.5 Å². The average molecular weight is 649 g/mol. The third kappa shape index (κ3) is 6.87. The highest BCUT2D eigenvalue weighted by Crippen LogP contribution is 2.44. The molecule has 0 spiro atoms. The molecular weight excluding hydrogens is 623 g/mol. The Hall–Kier alpha value is -5.06. The standard InChI is InChI=1S/C32H25FN2O8S2/c1-21-27(18-22-10-13-24(14-11-22)44(2)38)26-15-12-23(33)19-29(26)28(21)20-30(36)41-16-6-7-17-42-31-32(35(37)43-34-31)45(39,40)25-8-4-3-5-9-25/h3-5,8-15,18-19H,16-17,20H2,1-2H3/b27-18-. The van der Waals surface area contributed by atoms with Crippen LogP contribution in [0.5, 0.6) is 5.88 Å². The van der Waals surface area contributed by atoms with Gasteiger partial charge in [0.25, 0.3) is 9.84 Å². The van der Waals surface area contributed by atoms with Crippen LogP contribution in [-0.2, 0) is 30.2 Å². The van der Waals surface area contributed by atoms with E-state index in [-0.39, 0.29) is 29.4 Å². The Kier molecular flexibility index (Phi) is 9.26. The van der Waals surface area contributed by atoms with Crippen LogP contribution in [-0.4, -0.2) is 43.2 Å². The summed E-state index contributed by atoms with van der Waals surface area (Å²) in [5.41, 5.74) is 4.46. The van der Waals surface area contributed by atoms with Crippen molar-refractivity contribution < 1.29 is 40.8 Å². The predicted octanol–water partition coefficient (Wildman–Crippen LogP) is 4.36. The molecule has 1 atom stereocenters. The van der Waals surface area contributed by atoms with Crippen molar-refractivity contribution in [1.29, 1.82) is 0 Å². The molecule has 4 aromatic rings. The minimum absolute atomic E-state index is 0.130. The first kappa shape index (κ1) is 31.4. The number of aromatic nitrogens is 2. The molecule has 0 fully saturated rings. The van der Waals surface area contributed by atoms with Crippen molar-refractivity contribution in [2.75, 3.05) is 19.5 Å². The summed E-state index contributed by atoms with van der Waals surface area (Å²) in [5, 5.41) is 14.5. The minimum atomic E-state index is -4.27. The molecule has 45 heavy (non-hydrogen) atoms. The molecule has 0 radical (unpaired) electrons. The summed E-state index contributed by atoms with van der Waals surface area (Å²) in [6.07, 6.45) is 3.40. The highest BCUT2D eigenvalue weighted by molar-refractivity contribution is 7.91. The third-order valence-corrected chi connectivity index (χ3v) is 9.53. The lowest BCUT2D eigenvalue weighted by atomic mass is 10.0. The lowest BCUT2D eigenvalue weighted by molar-refractivity contribution is -0.832. The lowest BCUT2D eigenvalue weighted by Gasteiger charge is -2.06. The van der Waals surface area contributed by atoms with Crippen molar-refractivity contribution in [3.63, 3.8) is 0 Å². The van der Waals surface area contributed by atoms with Crippen LogP contribution in [0.2, 0.25) is 0 Å². The molecule has 0 amide bonds. The molecule has 0 bridgehead atoms. The highest BCUT2D eigenvalue weighted by Gasteiger charge is 2.35. The van der Waals surface area contributed by atoms with Gasteiger partial charge in [-0.05, 0) is 87.7 Å². The second kappa shape index (κ2) is 13.3. The largest absolute Gasteiger partial charge is 0.452 e. The lowest BCUT2D eigenvalue weighted by Crippen LogP contribution is -2.30. The SMILES string of the molecule is CC1=C(CC(=O)OCC#CCOc2no[n+]([O-])c2S(=O)(=O)c2ccccc2)c2cc(F)ccc2/C1=C\c1ccc(S(C)=O)cc1. The van der Waals surface area contributed by atoms with E-state index in [4.69, 9.17) is 9.47 Å². The van der Waals surface area contributed by atoms with Crippen LogP contribution in [0.25, 0.3) is 17.2 Å². The Bertz CT molecular complexity index is 2020. The molecule has 0 saturated carbocycles. The first-order valence-corrected chi connectivity index (χ1v) is 16.4. The zero-order valence-electron chi connectivity index (χ0n) is 24.0. The summed E-state index contributed by atoms with van der Waals surface area (Å²) in [5.74, 6) is 3.55. The van der Waals surface area contributed by atoms with Crippen LogP contribution in [0.15, 0.2) is 97.8 Å². The number of benzene rings is 3. The van der Waals surface area contributed by atoms with Gasteiger partial charge in [-0.1, -0.05) is 48.2 Å². The van der Waals surface area contributed by atoms with E-state index < -0.39 is 43.3 Å². The number of rotatable bonds is 9. The van der Waals surface area contributed by atoms with E-state index in [0.717, 1.165) is 22.3 Å². The molecule has 5 rings (SSSR count). The van der Waals surface area contributed by atoms with Gasteiger partial charge in [0.1, 0.15) is 5.82 Å². The summed E-state index contributed by atoms with van der Waals surface area (Å²) in [6.45, 7) is 1.18. The molecule has 0 N–H and O–H groups in total. The quantitative estimate of drug-likeness (QED) is 0.147. The fourth-order valence-corrected chi connectivity index (χ4v) is 6.48. The van der Waals surface area contributed by atoms with Gasteiger partial charge in [-0.3, -0.25) is 13.6 Å². The van der Waals surface area contributed by atoms with E-state index in [1.807, 2.05) is 25.1 Å². The maximum absolute atomic E-state index is 14.2. The third-order valence-electron chi connectivity index (χ3n) is 6.86. The van der Waals surface area contributed by atoms with Crippen molar-refractivity contribution in [2.24, 2.45) is 0 Å². The van der Waals surface area contributed by atoms with E-state index >= 15 is 0 Å². The number of ether oxygens (including phenoxy) is 2. The predicted molar refractivity (Wildman–Crippen MR) is 162 cm³/mol.